The number of para-hydroxylation sites is 1. The first kappa shape index (κ1) is 13.0. The number of rotatable bonds is 6. The summed E-state index contributed by atoms with van der Waals surface area (Å²) < 4.78 is 5.63. The van der Waals surface area contributed by atoms with Crippen molar-refractivity contribution in [2.75, 3.05) is 6.61 Å². The zero-order valence-corrected chi connectivity index (χ0v) is 9.97. The molecule has 0 aliphatic heterocycles. The van der Waals surface area contributed by atoms with Crippen LogP contribution in [-0.2, 0) is 0 Å². The Hall–Kier alpha value is -2.04. The van der Waals surface area contributed by atoms with Gasteiger partial charge in [-0.2, -0.15) is 5.10 Å². The van der Waals surface area contributed by atoms with Crippen molar-refractivity contribution >= 4 is 12.2 Å². The van der Waals surface area contributed by atoms with Gasteiger partial charge in [-0.3, -0.25) is 0 Å². The highest BCUT2D eigenvalue weighted by Gasteiger charge is 1.99. The van der Waals surface area contributed by atoms with Crippen LogP contribution in [0.3, 0.4) is 0 Å². The Morgan fingerprint density at radius 1 is 1.35 bits per heavy atom. The third-order valence-electron chi connectivity index (χ3n) is 2.04. The number of guanidine groups is 1. The normalized spacial score (nSPS) is 10.4. The molecule has 0 fully saturated rings. The molecule has 0 spiro atoms. The molecule has 1 rings (SSSR count). The lowest BCUT2D eigenvalue weighted by atomic mass is 10.2. The van der Waals surface area contributed by atoms with E-state index in [-0.39, 0.29) is 5.96 Å². The van der Waals surface area contributed by atoms with Gasteiger partial charge in [-0.25, -0.2) is 0 Å². The molecular weight excluding hydrogens is 216 g/mol. The van der Waals surface area contributed by atoms with Gasteiger partial charge in [-0.05, 0) is 18.6 Å². The fraction of sp³-hybridized carbons (Fsp3) is 0.333. The predicted octanol–water partition coefficient (Wildman–Crippen LogP) is 1.47. The smallest absolute Gasteiger partial charge is 0.211 e. The molecular formula is C12H18N4O. The second-order valence-corrected chi connectivity index (χ2v) is 3.51. The number of hydrogen-bond donors (Lipinski definition) is 2. The van der Waals surface area contributed by atoms with E-state index in [1.807, 2.05) is 24.3 Å². The Kier molecular flexibility index (Phi) is 5.57. The van der Waals surface area contributed by atoms with Crippen LogP contribution in [-0.4, -0.2) is 18.8 Å². The number of nitrogens with two attached hydrogens (primary N) is 2. The molecule has 0 radical (unpaired) electrons. The third kappa shape index (κ3) is 5.01. The maximum Gasteiger partial charge on any atom is 0.211 e. The van der Waals surface area contributed by atoms with Gasteiger partial charge in [0, 0.05) is 5.56 Å². The van der Waals surface area contributed by atoms with Gasteiger partial charge in [0.1, 0.15) is 5.75 Å². The van der Waals surface area contributed by atoms with Crippen molar-refractivity contribution in [3.63, 3.8) is 0 Å². The summed E-state index contributed by atoms with van der Waals surface area (Å²) >= 11 is 0. The van der Waals surface area contributed by atoms with Gasteiger partial charge in [0.25, 0.3) is 0 Å². The summed E-state index contributed by atoms with van der Waals surface area (Å²) in [5.74, 6) is 0.723. The van der Waals surface area contributed by atoms with E-state index in [4.69, 9.17) is 16.2 Å². The quantitative estimate of drug-likeness (QED) is 0.338. The number of hydrogen-bond acceptors (Lipinski definition) is 3. The van der Waals surface area contributed by atoms with Gasteiger partial charge in [-0.1, -0.05) is 25.5 Å². The minimum absolute atomic E-state index is 0.0642. The van der Waals surface area contributed by atoms with Gasteiger partial charge >= 0.3 is 0 Å². The molecule has 5 heteroatoms. The summed E-state index contributed by atoms with van der Waals surface area (Å²) in [7, 11) is 0. The molecule has 0 unspecified atom stereocenters. The van der Waals surface area contributed by atoms with Crippen molar-refractivity contribution in [2.45, 2.75) is 19.8 Å². The van der Waals surface area contributed by atoms with Gasteiger partial charge < -0.3 is 16.2 Å². The Bertz CT molecular complexity index is 397. The van der Waals surface area contributed by atoms with E-state index in [9.17, 15) is 0 Å². The Morgan fingerprint density at radius 2 is 2.12 bits per heavy atom. The van der Waals surface area contributed by atoms with E-state index in [0.29, 0.717) is 6.61 Å². The molecule has 0 saturated heterocycles. The van der Waals surface area contributed by atoms with Gasteiger partial charge in [0.05, 0.1) is 12.8 Å². The second-order valence-electron chi connectivity index (χ2n) is 3.51. The maximum atomic E-state index is 5.63. The predicted molar refractivity (Wildman–Crippen MR) is 70.2 cm³/mol. The molecule has 0 amide bonds. The van der Waals surface area contributed by atoms with Crippen molar-refractivity contribution in [1.29, 1.82) is 0 Å². The standard InChI is InChI=1S/C12H18N4O/c1-2-3-8-17-11-7-5-4-6-10(11)9-15-16-12(13)14/h4-7,9H,2-3,8H2,1H3,(H4,13,14,16)/b15-9-. The van der Waals surface area contributed by atoms with E-state index in [0.717, 1.165) is 24.2 Å². The Morgan fingerprint density at radius 3 is 2.82 bits per heavy atom. The van der Waals surface area contributed by atoms with Crippen molar-refractivity contribution in [3.8, 4) is 5.75 Å². The van der Waals surface area contributed by atoms with E-state index < -0.39 is 0 Å². The van der Waals surface area contributed by atoms with Crippen molar-refractivity contribution in [3.05, 3.63) is 29.8 Å². The van der Waals surface area contributed by atoms with E-state index in [1.54, 1.807) is 6.21 Å². The van der Waals surface area contributed by atoms with Crippen LogP contribution in [0.15, 0.2) is 34.5 Å². The van der Waals surface area contributed by atoms with E-state index >= 15 is 0 Å². The van der Waals surface area contributed by atoms with E-state index in [1.165, 1.54) is 0 Å². The van der Waals surface area contributed by atoms with Crippen LogP contribution in [0.5, 0.6) is 5.75 Å². The molecule has 4 N–H and O–H groups in total. The van der Waals surface area contributed by atoms with Crippen LogP contribution < -0.4 is 16.2 Å². The molecule has 17 heavy (non-hydrogen) atoms. The number of benzene rings is 1. The molecule has 0 saturated carbocycles. The summed E-state index contributed by atoms with van der Waals surface area (Å²) in [6.45, 7) is 2.82. The number of unbranched alkanes of at least 4 members (excludes halogenated alkanes) is 1. The van der Waals surface area contributed by atoms with Crippen LogP contribution in [0.2, 0.25) is 0 Å². The average molecular weight is 234 g/mol. The molecule has 1 aromatic carbocycles. The SMILES string of the molecule is CCCCOc1ccccc1/C=N\N=C(N)N. The fourth-order valence-corrected chi connectivity index (χ4v) is 1.20. The van der Waals surface area contributed by atoms with Crippen molar-refractivity contribution in [1.82, 2.24) is 0 Å². The summed E-state index contributed by atoms with van der Waals surface area (Å²) in [5.41, 5.74) is 11.2. The van der Waals surface area contributed by atoms with Crippen LogP contribution >= 0.6 is 0 Å². The zero-order chi connectivity index (χ0) is 12.5. The third-order valence-corrected chi connectivity index (χ3v) is 2.04. The highest BCUT2D eigenvalue weighted by Crippen LogP contribution is 2.16. The van der Waals surface area contributed by atoms with Crippen LogP contribution in [0.1, 0.15) is 25.3 Å². The Balaban J connectivity index is 2.70. The lowest BCUT2D eigenvalue weighted by molar-refractivity contribution is 0.309. The molecule has 0 atom stereocenters. The lowest BCUT2D eigenvalue weighted by Crippen LogP contribution is -2.21. The first-order valence-electron chi connectivity index (χ1n) is 5.58. The largest absolute Gasteiger partial charge is 0.493 e. The zero-order valence-electron chi connectivity index (χ0n) is 9.97. The molecule has 0 aromatic heterocycles. The molecule has 92 valence electrons. The van der Waals surface area contributed by atoms with Gasteiger partial charge in [0.2, 0.25) is 5.96 Å². The molecule has 5 nitrogen and oxygen atoms in total. The Labute approximate surface area is 101 Å². The first-order chi connectivity index (χ1) is 8.24. The highest BCUT2D eigenvalue weighted by atomic mass is 16.5. The second kappa shape index (κ2) is 7.27. The van der Waals surface area contributed by atoms with E-state index in [2.05, 4.69) is 17.1 Å². The molecule has 0 aliphatic carbocycles. The van der Waals surface area contributed by atoms with Gasteiger partial charge in [-0.15, -0.1) is 5.10 Å². The molecule has 0 heterocycles. The topological polar surface area (TPSA) is 86.0 Å². The van der Waals surface area contributed by atoms with Gasteiger partial charge in [0.15, 0.2) is 0 Å². The number of ether oxygens (including phenoxy) is 1. The summed E-state index contributed by atoms with van der Waals surface area (Å²) in [4.78, 5) is 0. The first-order valence-corrected chi connectivity index (χ1v) is 5.58. The maximum absolute atomic E-state index is 5.63. The lowest BCUT2D eigenvalue weighted by Gasteiger charge is -2.07. The molecule has 0 aliphatic rings. The minimum atomic E-state index is -0.0642. The minimum Gasteiger partial charge on any atom is -0.493 e. The molecule has 1 aromatic rings. The number of nitrogens with zero attached hydrogens (tertiary/aromatic N) is 2. The molecule has 0 bridgehead atoms. The fourth-order valence-electron chi connectivity index (χ4n) is 1.20. The van der Waals surface area contributed by atoms with Crippen molar-refractivity contribution in [2.24, 2.45) is 21.7 Å². The summed E-state index contributed by atoms with van der Waals surface area (Å²) in [6, 6.07) is 7.61. The summed E-state index contributed by atoms with van der Waals surface area (Å²) in [5, 5.41) is 7.31. The summed E-state index contributed by atoms with van der Waals surface area (Å²) in [6.07, 6.45) is 3.70. The average Bonchev–Trinajstić information content (AvgIpc) is 2.31. The van der Waals surface area contributed by atoms with Crippen LogP contribution in [0.4, 0.5) is 0 Å². The monoisotopic (exact) mass is 234 g/mol. The highest BCUT2D eigenvalue weighted by molar-refractivity contribution is 5.84. The van der Waals surface area contributed by atoms with Crippen LogP contribution in [0.25, 0.3) is 0 Å². The van der Waals surface area contributed by atoms with Crippen molar-refractivity contribution < 1.29 is 4.74 Å². The van der Waals surface area contributed by atoms with Crippen LogP contribution in [0, 0.1) is 0 Å².